The molecule has 1 unspecified atom stereocenters. The number of carbonyl (C=O) groups excluding carboxylic acids is 1. The lowest BCUT2D eigenvalue weighted by molar-refractivity contribution is 0.0459. The minimum Gasteiger partial charge on any atom is -0.496 e. The van der Waals surface area contributed by atoms with Gasteiger partial charge in [-0.3, -0.25) is 5.10 Å². The van der Waals surface area contributed by atoms with Crippen LogP contribution in [0.3, 0.4) is 0 Å². The monoisotopic (exact) mass is 600 g/mol. The highest BCUT2D eigenvalue weighted by atomic mass is 16.5. The first kappa shape index (κ1) is 29.3. The number of hydrogen-bond acceptors (Lipinski definition) is 8. The number of nitrogens with zero attached hydrogens (tertiary/aromatic N) is 2. The Morgan fingerprint density at radius 3 is 2.56 bits per heavy atom. The number of carbonyl (C=O) groups is 1. The predicted molar refractivity (Wildman–Crippen MR) is 170 cm³/mol. The molecule has 0 saturated heterocycles. The normalized spacial score (nSPS) is 14.1. The highest BCUT2D eigenvalue weighted by Gasteiger charge is 2.36. The van der Waals surface area contributed by atoms with Gasteiger partial charge in [-0.05, 0) is 64.7 Å². The molecule has 0 saturated carbocycles. The highest BCUT2D eigenvalue weighted by molar-refractivity contribution is 5.89. The Bertz CT molecular complexity index is 1950. The van der Waals surface area contributed by atoms with E-state index < -0.39 is 5.92 Å². The van der Waals surface area contributed by atoms with Crippen LogP contribution in [0.25, 0.3) is 22.0 Å². The van der Waals surface area contributed by atoms with Gasteiger partial charge in [0.25, 0.3) is 0 Å². The molecule has 0 fully saturated rings. The molecule has 1 aliphatic heterocycles. The van der Waals surface area contributed by atoms with E-state index >= 15 is 0 Å². The number of methoxy groups -OCH3 is 1. The van der Waals surface area contributed by atoms with Crippen LogP contribution < -0.4 is 19.9 Å². The number of nitrogens with two attached hydrogens (primary N) is 1. The van der Waals surface area contributed by atoms with Crippen LogP contribution in [0.2, 0.25) is 0 Å². The van der Waals surface area contributed by atoms with Crippen LogP contribution in [0.5, 0.6) is 17.4 Å². The van der Waals surface area contributed by atoms with Crippen molar-refractivity contribution in [3.8, 4) is 34.7 Å². The molecule has 9 nitrogen and oxygen atoms in total. The second kappa shape index (κ2) is 12.5. The first-order valence-electron chi connectivity index (χ1n) is 14.6. The molecule has 226 valence electrons. The zero-order valence-electron chi connectivity index (χ0n) is 25.2. The average Bonchev–Trinajstić information content (AvgIpc) is 3.48. The lowest BCUT2D eigenvalue weighted by atomic mass is 9.82. The number of nitriles is 1. The lowest BCUT2D eigenvalue weighted by Crippen LogP contribution is -2.21. The third-order valence-electron chi connectivity index (χ3n) is 7.65. The van der Waals surface area contributed by atoms with Crippen molar-refractivity contribution in [2.75, 3.05) is 13.7 Å². The second-order valence-electron chi connectivity index (χ2n) is 11.2. The molecule has 1 atom stereocenters. The topological polar surface area (TPSA) is 132 Å². The van der Waals surface area contributed by atoms with Crippen LogP contribution in [-0.2, 0) is 11.3 Å². The smallest absolute Gasteiger partial charge is 0.338 e. The van der Waals surface area contributed by atoms with Gasteiger partial charge >= 0.3 is 5.97 Å². The molecule has 0 radical (unpaired) electrons. The number of aromatic nitrogens is 2. The maximum atomic E-state index is 12.3. The predicted octanol–water partition coefficient (Wildman–Crippen LogP) is 6.85. The Morgan fingerprint density at radius 1 is 1.04 bits per heavy atom. The van der Waals surface area contributed by atoms with Gasteiger partial charge in [-0.1, -0.05) is 56.3 Å². The Balaban J connectivity index is 1.32. The number of esters is 1. The minimum atomic E-state index is -0.556. The highest BCUT2D eigenvalue weighted by Crippen LogP contribution is 2.46. The second-order valence-corrected chi connectivity index (χ2v) is 11.2. The third-order valence-corrected chi connectivity index (χ3v) is 7.65. The molecule has 1 aromatic heterocycles. The molecule has 0 aliphatic carbocycles. The summed E-state index contributed by atoms with van der Waals surface area (Å²) < 4.78 is 22.9. The van der Waals surface area contributed by atoms with Gasteiger partial charge < -0.3 is 24.7 Å². The molecule has 6 rings (SSSR count). The molecule has 1 aliphatic rings. The summed E-state index contributed by atoms with van der Waals surface area (Å²) in [5.74, 6) is 0.851. The Kier molecular flexibility index (Phi) is 8.12. The molecular weight excluding hydrogens is 568 g/mol. The molecule has 3 N–H and O–H groups in total. The summed E-state index contributed by atoms with van der Waals surface area (Å²) in [4.78, 5) is 12.3. The summed E-state index contributed by atoms with van der Waals surface area (Å²) >= 11 is 0. The van der Waals surface area contributed by atoms with Crippen LogP contribution in [-0.4, -0.2) is 29.9 Å². The fraction of sp³-hybridized carbons (Fsp3) is 0.194. The quantitative estimate of drug-likeness (QED) is 0.176. The van der Waals surface area contributed by atoms with E-state index in [0.29, 0.717) is 35.1 Å². The van der Waals surface area contributed by atoms with Crippen LogP contribution in [0.4, 0.5) is 0 Å². The first-order chi connectivity index (χ1) is 21.9. The molecule has 0 amide bonds. The minimum absolute atomic E-state index is 0.00666. The van der Waals surface area contributed by atoms with Crippen LogP contribution in [0.15, 0.2) is 96.4 Å². The Hall–Kier alpha value is -5.75. The first-order valence-corrected chi connectivity index (χ1v) is 14.6. The van der Waals surface area contributed by atoms with Crippen LogP contribution in [0, 0.1) is 17.2 Å². The van der Waals surface area contributed by atoms with Gasteiger partial charge in [0.1, 0.15) is 29.7 Å². The largest absolute Gasteiger partial charge is 0.496 e. The number of H-pyrrole nitrogens is 1. The standard InChI is InChI=1S/C36H32N4O5/c1-21(2)19-44-36(41)23-10-13-28(14-11-23)43-20-27-17-25(12-15-30(27)42-3)31-29(18-37)34(38)45-35-32(31)33(39-40-35)26-9-8-22-6-4-5-7-24(22)16-26/h4-17,21,31H,19-20,38H2,1-3H3,(H,39,40). The van der Waals surface area contributed by atoms with E-state index in [2.05, 4.69) is 40.5 Å². The maximum absolute atomic E-state index is 12.3. The van der Waals surface area contributed by atoms with Gasteiger partial charge in [-0.25, -0.2) is 4.79 Å². The average molecular weight is 601 g/mol. The van der Waals surface area contributed by atoms with Gasteiger partial charge in [0.2, 0.25) is 11.8 Å². The summed E-state index contributed by atoms with van der Waals surface area (Å²) in [6, 6.07) is 29.0. The van der Waals surface area contributed by atoms with Crippen molar-refractivity contribution in [3.05, 3.63) is 119 Å². The van der Waals surface area contributed by atoms with Crippen molar-refractivity contribution in [2.45, 2.75) is 26.4 Å². The van der Waals surface area contributed by atoms with E-state index in [0.717, 1.165) is 33.2 Å². The number of hydrogen-bond donors (Lipinski definition) is 2. The third kappa shape index (κ3) is 5.91. The number of fused-ring (bicyclic) bond motifs is 2. The van der Waals surface area contributed by atoms with Crippen LogP contribution in [0.1, 0.15) is 46.8 Å². The number of benzene rings is 4. The van der Waals surface area contributed by atoms with E-state index in [-0.39, 0.29) is 30.0 Å². The summed E-state index contributed by atoms with van der Waals surface area (Å²) in [7, 11) is 1.59. The van der Waals surface area contributed by atoms with Gasteiger partial charge in [0, 0.05) is 11.1 Å². The van der Waals surface area contributed by atoms with E-state index in [9.17, 15) is 10.1 Å². The van der Waals surface area contributed by atoms with Crippen molar-refractivity contribution in [3.63, 3.8) is 0 Å². The maximum Gasteiger partial charge on any atom is 0.338 e. The summed E-state index contributed by atoms with van der Waals surface area (Å²) in [6.45, 7) is 4.51. The number of aromatic amines is 1. The van der Waals surface area contributed by atoms with Crippen molar-refractivity contribution in [1.29, 1.82) is 5.26 Å². The molecule has 0 spiro atoms. The number of rotatable bonds is 9. The summed E-state index contributed by atoms with van der Waals surface area (Å²) in [5, 5.41) is 20.0. The summed E-state index contributed by atoms with van der Waals surface area (Å²) in [5.41, 5.74) is 10.9. The molecular formula is C36H32N4O5. The fourth-order valence-corrected chi connectivity index (χ4v) is 5.41. The fourth-order valence-electron chi connectivity index (χ4n) is 5.41. The van der Waals surface area contributed by atoms with Crippen LogP contribution >= 0.6 is 0 Å². The Morgan fingerprint density at radius 2 is 1.82 bits per heavy atom. The van der Waals surface area contributed by atoms with Gasteiger partial charge in [-0.15, -0.1) is 5.10 Å². The molecule has 9 heteroatoms. The van der Waals surface area contributed by atoms with Crippen molar-refractivity contribution >= 4 is 16.7 Å². The number of allylic oxidation sites excluding steroid dienone is 1. The van der Waals surface area contributed by atoms with E-state index in [1.807, 2.05) is 50.2 Å². The number of ether oxygens (including phenoxy) is 4. The molecule has 45 heavy (non-hydrogen) atoms. The van der Waals surface area contributed by atoms with E-state index in [1.54, 1.807) is 31.4 Å². The summed E-state index contributed by atoms with van der Waals surface area (Å²) in [6.07, 6.45) is 0. The van der Waals surface area contributed by atoms with Gasteiger partial charge in [0.15, 0.2) is 0 Å². The molecule has 2 heterocycles. The van der Waals surface area contributed by atoms with Gasteiger partial charge in [0.05, 0.1) is 36.5 Å². The molecule has 4 aromatic carbocycles. The van der Waals surface area contributed by atoms with Crippen molar-refractivity contribution < 1.29 is 23.7 Å². The Labute approximate surface area is 260 Å². The van der Waals surface area contributed by atoms with Gasteiger partial charge in [-0.2, -0.15) is 5.26 Å². The lowest BCUT2D eigenvalue weighted by Gasteiger charge is -2.25. The van der Waals surface area contributed by atoms with Crippen molar-refractivity contribution in [2.24, 2.45) is 11.7 Å². The zero-order valence-corrected chi connectivity index (χ0v) is 25.2. The van der Waals surface area contributed by atoms with E-state index in [1.165, 1.54) is 0 Å². The van der Waals surface area contributed by atoms with E-state index in [4.69, 9.17) is 24.7 Å². The van der Waals surface area contributed by atoms with Crippen molar-refractivity contribution in [1.82, 2.24) is 10.2 Å². The SMILES string of the molecule is COc1ccc(C2C(C#N)=C(N)Oc3n[nH]c(-c4ccc5ccccc5c4)c32)cc1COc1ccc(C(=O)OCC(C)C)cc1. The number of nitrogens with one attached hydrogen (secondary N) is 1. The molecule has 5 aromatic rings. The molecule has 0 bridgehead atoms. The zero-order chi connectivity index (χ0) is 31.5.